The summed E-state index contributed by atoms with van der Waals surface area (Å²) in [6.07, 6.45) is 0.722. The van der Waals surface area contributed by atoms with Crippen molar-refractivity contribution in [2.24, 2.45) is 0 Å². The van der Waals surface area contributed by atoms with Crippen LogP contribution in [-0.4, -0.2) is 16.7 Å². The third kappa shape index (κ3) is 2.53. The molecule has 2 aromatic carbocycles. The number of carbonyl (C=O) groups excluding carboxylic acids is 2. The van der Waals surface area contributed by atoms with Crippen LogP contribution in [0.25, 0.3) is 0 Å². The number of imide groups is 1. The van der Waals surface area contributed by atoms with Gasteiger partial charge in [-0.3, -0.25) is 19.7 Å². The number of carbonyl (C=O) groups is 2. The largest absolute Gasteiger partial charge is 0.278 e. The van der Waals surface area contributed by atoms with E-state index in [1.807, 2.05) is 27.7 Å². The molecular weight excluding hydrogens is 436 g/mol. The molecule has 0 N–H and O–H groups in total. The molecule has 0 fully saturated rings. The van der Waals surface area contributed by atoms with E-state index in [9.17, 15) is 19.7 Å². The summed E-state index contributed by atoms with van der Waals surface area (Å²) >= 11 is 3.63. The van der Waals surface area contributed by atoms with E-state index in [1.54, 1.807) is 31.2 Å². The lowest BCUT2D eigenvalue weighted by atomic mass is 9.81. The van der Waals surface area contributed by atoms with Crippen molar-refractivity contribution >= 4 is 39.1 Å². The monoisotopic (exact) mass is 456 g/mol. The van der Waals surface area contributed by atoms with E-state index in [4.69, 9.17) is 0 Å². The highest BCUT2D eigenvalue weighted by atomic mass is 79.9. The van der Waals surface area contributed by atoms with Crippen LogP contribution < -0.4 is 4.90 Å². The molecule has 7 heteroatoms. The smallest absolute Gasteiger partial charge is 0.268 e. The van der Waals surface area contributed by atoms with Crippen LogP contribution in [-0.2, 0) is 10.8 Å². The Morgan fingerprint density at radius 1 is 1.00 bits per heavy atom. The Labute approximate surface area is 177 Å². The zero-order valence-corrected chi connectivity index (χ0v) is 18.5. The first-order valence-corrected chi connectivity index (χ1v) is 10.2. The Hall–Kier alpha value is -2.54. The number of nitrogens with zero attached hydrogens (tertiary/aromatic N) is 2. The maximum atomic E-state index is 13.1. The molecule has 4 rings (SSSR count). The molecule has 6 nitrogen and oxygen atoms in total. The van der Waals surface area contributed by atoms with E-state index in [1.165, 1.54) is 0 Å². The number of nitro benzene ring substituents is 1. The van der Waals surface area contributed by atoms with Crippen LogP contribution in [0.1, 0.15) is 71.5 Å². The van der Waals surface area contributed by atoms with Crippen molar-refractivity contribution in [2.45, 2.75) is 51.9 Å². The minimum atomic E-state index is -0.460. The molecule has 150 valence electrons. The van der Waals surface area contributed by atoms with Gasteiger partial charge < -0.3 is 0 Å². The average molecular weight is 457 g/mol. The molecule has 0 radical (unpaired) electrons. The number of benzene rings is 2. The Balaban J connectivity index is 2.08. The van der Waals surface area contributed by atoms with Crippen LogP contribution in [0.5, 0.6) is 0 Å². The van der Waals surface area contributed by atoms with E-state index in [0.29, 0.717) is 26.7 Å². The number of hydrogen-bond acceptors (Lipinski definition) is 4. The molecule has 0 saturated carbocycles. The van der Waals surface area contributed by atoms with Gasteiger partial charge in [-0.25, -0.2) is 4.90 Å². The van der Waals surface area contributed by atoms with Crippen molar-refractivity contribution in [3.05, 3.63) is 66.7 Å². The molecule has 0 saturated heterocycles. The molecule has 2 amide bonds. The summed E-state index contributed by atoms with van der Waals surface area (Å²) in [5, 5.41) is 12.1. The van der Waals surface area contributed by atoms with Gasteiger partial charge in [-0.2, -0.15) is 0 Å². The molecule has 1 aliphatic heterocycles. The fourth-order valence-corrected chi connectivity index (χ4v) is 6.48. The van der Waals surface area contributed by atoms with Crippen LogP contribution >= 0.6 is 15.9 Å². The number of hydrogen-bond donors (Lipinski definition) is 0. The summed E-state index contributed by atoms with van der Waals surface area (Å²) in [6, 6.07) is 6.61. The van der Waals surface area contributed by atoms with E-state index < -0.39 is 17.2 Å². The van der Waals surface area contributed by atoms with Gasteiger partial charge in [0.25, 0.3) is 17.5 Å². The van der Waals surface area contributed by atoms with Crippen LogP contribution in [0.15, 0.2) is 28.7 Å². The topological polar surface area (TPSA) is 80.5 Å². The minimum absolute atomic E-state index is 0.00895. The quantitative estimate of drug-likeness (QED) is 0.342. The average Bonchev–Trinajstić information content (AvgIpc) is 2.96. The van der Waals surface area contributed by atoms with Crippen LogP contribution in [0.4, 0.5) is 11.4 Å². The summed E-state index contributed by atoms with van der Waals surface area (Å²) in [6.45, 7) is 9.69. The van der Waals surface area contributed by atoms with Crippen LogP contribution in [0.3, 0.4) is 0 Å². The van der Waals surface area contributed by atoms with Gasteiger partial charge in [0, 0.05) is 10.0 Å². The zero-order valence-electron chi connectivity index (χ0n) is 16.9. The first-order valence-electron chi connectivity index (χ1n) is 9.39. The minimum Gasteiger partial charge on any atom is -0.268 e. The summed E-state index contributed by atoms with van der Waals surface area (Å²) in [4.78, 5) is 39.0. The molecular formula is C22H21BrN2O4. The van der Waals surface area contributed by atoms with E-state index in [2.05, 4.69) is 15.9 Å². The molecule has 1 aliphatic carbocycles. The standard InChI is InChI=1S/C22H21BrN2O4/c1-11-17(25(28)29)15-14(21(2,3)10-22(15,4)5)16(23)18(11)24-19(26)12-8-6-7-9-13(12)20(24)27/h6-9H,10H2,1-5H3. The lowest BCUT2D eigenvalue weighted by molar-refractivity contribution is -0.386. The highest BCUT2D eigenvalue weighted by Gasteiger charge is 2.51. The highest BCUT2D eigenvalue weighted by molar-refractivity contribution is 9.10. The van der Waals surface area contributed by atoms with Gasteiger partial charge in [-0.15, -0.1) is 0 Å². The molecule has 0 bridgehead atoms. The van der Waals surface area contributed by atoms with Crippen molar-refractivity contribution in [1.82, 2.24) is 0 Å². The summed E-state index contributed by atoms with van der Waals surface area (Å²) in [5.74, 6) is -0.919. The van der Waals surface area contributed by atoms with Crippen molar-refractivity contribution < 1.29 is 14.5 Å². The highest BCUT2D eigenvalue weighted by Crippen LogP contribution is 2.58. The van der Waals surface area contributed by atoms with E-state index in [0.717, 1.165) is 16.9 Å². The summed E-state index contributed by atoms with van der Waals surface area (Å²) < 4.78 is 0.584. The van der Waals surface area contributed by atoms with E-state index in [-0.39, 0.29) is 21.7 Å². The Bertz CT molecular complexity index is 1100. The normalized spacial score (nSPS) is 18.8. The predicted molar refractivity (Wildman–Crippen MR) is 114 cm³/mol. The number of nitro groups is 1. The van der Waals surface area contributed by atoms with Gasteiger partial charge in [0.05, 0.1) is 27.3 Å². The molecule has 0 atom stereocenters. The Morgan fingerprint density at radius 3 is 1.97 bits per heavy atom. The van der Waals surface area contributed by atoms with Gasteiger partial charge in [0.1, 0.15) is 0 Å². The van der Waals surface area contributed by atoms with Gasteiger partial charge in [0.15, 0.2) is 0 Å². The first kappa shape index (κ1) is 19.8. The molecule has 29 heavy (non-hydrogen) atoms. The number of rotatable bonds is 2. The maximum absolute atomic E-state index is 13.1. The van der Waals surface area contributed by atoms with Gasteiger partial charge >= 0.3 is 0 Å². The molecule has 2 aromatic rings. The molecule has 2 aliphatic rings. The third-order valence-electron chi connectivity index (χ3n) is 6.06. The second-order valence-electron chi connectivity index (χ2n) is 9.08. The fourth-order valence-electron chi connectivity index (χ4n) is 5.27. The Kier molecular flexibility index (Phi) is 4.08. The predicted octanol–water partition coefficient (Wildman–Crippen LogP) is 5.43. The first-order chi connectivity index (χ1) is 13.4. The van der Waals surface area contributed by atoms with Gasteiger partial charge in [-0.1, -0.05) is 39.8 Å². The summed E-state index contributed by atoms with van der Waals surface area (Å²) in [7, 11) is 0. The van der Waals surface area contributed by atoms with Gasteiger partial charge in [0.2, 0.25) is 0 Å². The van der Waals surface area contributed by atoms with Crippen molar-refractivity contribution in [3.63, 3.8) is 0 Å². The Morgan fingerprint density at radius 2 is 1.48 bits per heavy atom. The van der Waals surface area contributed by atoms with Crippen molar-refractivity contribution in [1.29, 1.82) is 0 Å². The SMILES string of the molecule is Cc1c(N2C(=O)c3ccccc3C2=O)c(Br)c2c(c1[N+](=O)[O-])C(C)(C)CC2(C)C. The molecule has 0 unspecified atom stereocenters. The summed E-state index contributed by atoms with van der Waals surface area (Å²) in [5.41, 5.74) is 1.92. The lowest BCUT2D eigenvalue weighted by Gasteiger charge is -2.26. The van der Waals surface area contributed by atoms with Gasteiger partial charge in [-0.05, 0) is 57.8 Å². The maximum Gasteiger partial charge on any atom is 0.278 e. The second kappa shape index (κ2) is 5.98. The number of fused-ring (bicyclic) bond motifs is 2. The third-order valence-corrected chi connectivity index (χ3v) is 6.83. The molecule has 0 spiro atoms. The second-order valence-corrected chi connectivity index (χ2v) is 9.87. The van der Waals surface area contributed by atoms with Crippen molar-refractivity contribution in [2.75, 3.05) is 4.90 Å². The van der Waals surface area contributed by atoms with E-state index >= 15 is 0 Å². The lowest BCUT2D eigenvalue weighted by Crippen LogP contribution is -2.31. The fraction of sp³-hybridized carbons (Fsp3) is 0.364. The van der Waals surface area contributed by atoms with Crippen molar-refractivity contribution in [3.8, 4) is 0 Å². The molecule has 1 heterocycles. The molecule has 0 aromatic heterocycles. The number of anilines is 1. The number of halogens is 1. The van der Waals surface area contributed by atoms with Crippen LogP contribution in [0.2, 0.25) is 0 Å². The van der Waals surface area contributed by atoms with Crippen LogP contribution in [0, 0.1) is 17.0 Å². The number of amides is 2. The zero-order chi connectivity index (χ0) is 21.5.